The number of rotatable bonds is 4. The zero-order chi connectivity index (χ0) is 13.7. The van der Waals surface area contributed by atoms with E-state index in [0.29, 0.717) is 12.2 Å². The summed E-state index contributed by atoms with van der Waals surface area (Å²) in [7, 11) is 0. The number of hydroxylamine groups is 1. The van der Waals surface area contributed by atoms with E-state index in [2.05, 4.69) is 21.4 Å². The summed E-state index contributed by atoms with van der Waals surface area (Å²) in [5.74, 6) is -0.253. The van der Waals surface area contributed by atoms with E-state index in [9.17, 15) is 4.79 Å². The van der Waals surface area contributed by atoms with Crippen LogP contribution in [0.2, 0.25) is 0 Å². The molecule has 0 aliphatic carbocycles. The van der Waals surface area contributed by atoms with E-state index in [1.54, 1.807) is 12.1 Å². The zero-order valence-electron chi connectivity index (χ0n) is 10.5. The molecule has 2 aromatic rings. The first-order chi connectivity index (χ1) is 9.16. The van der Waals surface area contributed by atoms with Crippen LogP contribution in [-0.2, 0) is 11.4 Å². The van der Waals surface area contributed by atoms with Crippen molar-refractivity contribution < 1.29 is 9.63 Å². The molecular formula is C15H14BrNO2. The van der Waals surface area contributed by atoms with Crippen LogP contribution in [0, 0.1) is 6.92 Å². The maximum atomic E-state index is 11.8. The Hall–Kier alpha value is -1.65. The number of hydrogen-bond acceptors (Lipinski definition) is 2. The minimum Gasteiger partial charge on any atom is -0.269 e. The van der Waals surface area contributed by atoms with Crippen LogP contribution in [0.4, 0.5) is 0 Å². The van der Waals surface area contributed by atoms with Crippen molar-refractivity contribution >= 4 is 21.8 Å². The normalized spacial score (nSPS) is 10.2. The van der Waals surface area contributed by atoms with Gasteiger partial charge in [-0.25, -0.2) is 5.48 Å². The third-order valence-corrected chi connectivity index (χ3v) is 3.53. The fraction of sp³-hybridized carbons (Fsp3) is 0.133. The van der Waals surface area contributed by atoms with Gasteiger partial charge in [0.05, 0.1) is 6.61 Å². The van der Waals surface area contributed by atoms with Gasteiger partial charge in [-0.1, -0.05) is 52.3 Å². The number of carbonyl (C=O) groups is 1. The molecule has 2 rings (SSSR count). The lowest BCUT2D eigenvalue weighted by molar-refractivity contribution is 0.0233. The summed E-state index contributed by atoms with van der Waals surface area (Å²) in [6.07, 6.45) is 0. The van der Waals surface area contributed by atoms with Crippen LogP contribution in [0.1, 0.15) is 21.5 Å². The van der Waals surface area contributed by atoms with E-state index in [0.717, 1.165) is 15.6 Å². The molecular weight excluding hydrogens is 306 g/mol. The maximum absolute atomic E-state index is 11.8. The van der Waals surface area contributed by atoms with Gasteiger partial charge in [-0.3, -0.25) is 9.63 Å². The second-order valence-electron chi connectivity index (χ2n) is 4.17. The molecule has 0 aliphatic heterocycles. The number of aryl methyl sites for hydroxylation is 1. The Morgan fingerprint density at radius 1 is 1.21 bits per heavy atom. The quantitative estimate of drug-likeness (QED) is 0.874. The third kappa shape index (κ3) is 3.91. The van der Waals surface area contributed by atoms with E-state index in [4.69, 9.17) is 4.84 Å². The lowest BCUT2D eigenvalue weighted by Crippen LogP contribution is -2.23. The number of halogens is 1. The van der Waals surface area contributed by atoms with Crippen LogP contribution in [-0.4, -0.2) is 5.91 Å². The van der Waals surface area contributed by atoms with Gasteiger partial charge < -0.3 is 0 Å². The molecule has 2 aromatic carbocycles. The van der Waals surface area contributed by atoms with Crippen molar-refractivity contribution in [2.24, 2.45) is 0 Å². The topological polar surface area (TPSA) is 38.3 Å². The Bertz CT molecular complexity index is 570. The average Bonchev–Trinajstić information content (AvgIpc) is 2.43. The highest BCUT2D eigenvalue weighted by Crippen LogP contribution is 2.17. The van der Waals surface area contributed by atoms with E-state index >= 15 is 0 Å². The van der Waals surface area contributed by atoms with Gasteiger partial charge in [-0.05, 0) is 30.2 Å². The highest BCUT2D eigenvalue weighted by Gasteiger charge is 2.07. The first kappa shape index (κ1) is 13.8. The third-order valence-electron chi connectivity index (χ3n) is 2.68. The van der Waals surface area contributed by atoms with Crippen molar-refractivity contribution in [1.29, 1.82) is 0 Å². The number of carbonyl (C=O) groups excluding carboxylic acids is 1. The van der Waals surface area contributed by atoms with Gasteiger partial charge in [0.15, 0.2) is 0 Å². The molecule has 0 unspecified atom stereocenters. The fourth-order valence-corrected chi connectivity index (χ4v) is 1.93. The first-order valence-electron chi connectivity index (χ1n) is 5.89. The van der Waals surface area contributed by atoms with Crippen molar-refractivity contribution in [3.05, 3.63) is 69.7 Å². The molecule has 0 atom stereocenters. The smallest absolute Gasteiger partial charge is 0.269 e. The van der Waals surface area contributed by atoms with Crippen LogP contribution >= 0.6 is 15.9 Å². The number of nitrogens with one attached hydrogen (secondary N) is 1. The molecule has 19 heavy (non-hydrogen) atoms. The molecule has 0 aromatic heterocycles. The summed E-state index contributed by atoms with van der Waals surface area (Å²) in [4.78, 5) is 17.0. The summed E-state index contributed by atoms with van der Waals surface area (Å²) in [6, 6.07) is 15.1. The Morgan fingerprint density at radius 3 is 2.63 bits per heavy atom. The number of benzene rings is 2. The van der Waals surface area contributed by atoms with Gasteiger partial charge in [0.25, 0.3) is 5.91 Å². The van der Waals surface area contributed by atoms with Crippen molar-refractivity contribution in [2.45, 2.75) is 13.5 Å². The van der Waals surface area contributed by atoms with Crippen LogP contribution in [0.15, 0.2) is 53.0 Å². The van der Waals surface area contributed by atoms with Crippen LogP contribution in [0.25, 0.3) is 0 Å². The Balaban J connectivity index is 1.89. The summed E-state index contributed by atoms with van der Waals surface area (Å²) < 4.78 is 0.906. The monoisotopic (exact) mass is 319 g/mol. The van der Waals surface area contributed by atoms with Crippen LogP contribution in [0.5, 0.6) is 0 Å². The van der Waals surface area contributed by atoms with E-state index in [1.165, 1.54) is 0 Å². The molecule has 0 aliphatic rings. The number of amides is 1. The van der Waals surface area contributed by atoms with Crippen molar-refractivity contribution in [3.8, 4) is 0 Å². The molecule has 0 saturated carbocycles. The van der Waals surface area contributed by atoms with Gasteiger partial charge in [-0.15, -0.1) is 0 Å². The van der Waals surface area contributed by atoms with Gasteiger partial charge >= 0.3 is 0 Å². The van der Waals surface area contributed by atoms with Gasteiger partial charge in [0.2, 0.25) is 0 Å². The molecule has 3 nitrogen and oxygen atoms in total. The SMILES string of the molecule is Cc1ccc(C(=O)NOCc2ccccc2)cc1Br. The predicted molar refractivity (Wildman–Crippen MR) is 77.6 cm³/mol. The Morgan fingerprint density at radius 2 is 1.95 bits per heavy atom. The largest absolute Gasteiger partial charge is 0.274 e. The molecule has 1 amide bonds. The Kier molecular flexibility index (Phi) is 4.71. The van der Waals surface area contributed by atoms with Crippen molar-refractivity contribution in [2.75, 3.05) is 0 Å². The lowest BCUT2D eigenvalue weighted by Gasteiger charge is -2.07. The summed E-state index contributed by atoms with van der Waals surface area (Å²) in [5, 5.41) is 0. The average molecular weight is 320 g/mol. The van der Waals surface area contributed by atoms with E-state index in [-0.39, 0.29) is 5.91 Å². The fourth-order valence-electron chi connectivity index (χ4n) is 1.55. The van der Waals surface area contributed by atoms with E-state index in [1.807, 2.05) is 43.3 Å². The van der Waals surface area contributed by atoms with Gasteiger partial charge in [-0.2, -0.15) is 0 Å². The molecule has 0 radical (unpaired) electrons. The van der Waals surface area contributed by atoms with Crippen LogP contribution in [0.3, 0.4) is 0 Å². The van der Waals surface area contributed by atoms with Crippen molar-refractivity contribution in [3.63, 3.8) is 0 Å². The molecule has 0 saturated heterocycles. The highest BCUT2D eigenvalue weighted by molar-refractivity contribution is 9.10. The lowest BCUT2D eigenvalue weighted by atomic mass is 10.1. The predicted octanol–water partition coefficient (Wildman–Crippen LogP) is 3.62. The minimum absolute atomic E-state index is 0.253. The molecule has 1 N–H and O–H groups in total. The summed E-state index contributed by atoms with van der Waals surface area (Å²) >= 11 is 3.40. The second-order valence-corrected chi connectivity index (χ2v) is 5.02. The second kappa shape index (κ2) is 6.50. The molecule has 98 valence electrons. The molecule has 0 spiro atoms. The molecule has 4 heteroatoms. The minimum atomic E-state index is -0.253. The van der Waals surface area contributed by atoms with Crippen LogP contribution < -0.4 is 5.48 Å². The zero-order valence-corrected chi connectivity index (χ0v) is 12.1. The highest BCUT2D eigenvalue weighted by atomic mass is 79.9. The first-order valence-corrected chi connectivity index (χ1v) is 6.68. The summed E-state index contributed by atoms with van der Waals surface area (Å²) in [6.45, 7) is 2.32. The standard InChI is InChI=1S/C15H14BrNO2/c1-11-7-8-13(9-14(11)16)15(18)17-19-10-12-5-3-2-4-6-12/h2-9H,10H2,1H3,(H,17,18). The van der Waals surface area contributed by atoms with E-state index < -0.39 is 0 Å². The molecule has 0 fully saturated rings. The molecule has 0 heterocycles. The van der Waals surface area contributed by atoms with Crippen molar-refractivity contribution in [1.82, 2.24) is 5.48 Å². The van der Waals surface area contributed by atoms with Gasteiger partial charge in [0, 0.05) is 10.0 Å². The summed E-state index contributed by atoms with van der Waals surface area (Å²) in [5.41, 5.74) is 5.09. The molecule has 0 bridgehead atoms. The van der Waals surface area contributed by atoms with Gasteiger partial charge in [0.1, 0.15) is 0 Å². The number of hydrogen-bond donors (Lipinski definition) is 1. The Labute approximate surface area is 120 Å². The maximum Gasteiger partial charge on any atom is 0.274 e.